The molecule has 1 heterocycles. The summed E-state index contributed by atoms with van der Waals surface area (Å²) in [5.41, 5.74) is 2.94. The Morgan fingerprint density at radius 3 is 1.82 bits per heavy atom. The maximum atomic E-state index is 10.5. The average molecular weight is 224 g/mol. The quantitative estimate of drug-likeness (QED) is 0.579. The van der Waals surface area contributed by atoms with E-state index in [2.05, 4.69) is 18.2 Å². The highest BCUT2D eigenvalue weighted by Gasteiger charge is 1.92. The van der Waals surface area contributed by atoms with E-state index in [1.807, 2.05) is 54.3 Å². The molecule has 1 aromatic heterocycles. The highest BCUT2D eigenvalue weighted by molar-refractivity contribution is 5.76. The Morgan fingerprint density at radius 2 is 1.29 bits per heavy atom. The average Bonchev–Trinajstić information content (AvgIpc) is 2.39. The largest absolute Gasteiger partial charge is 0.298 e. The van der Waals surface area contributed by atoms with Gasteiger partial charge in [0.15, 0.2) is 12.4 Å². The topological polar surface area (TPSA) is 20.9 Å². The number of hydrogen-bond donors (Lipinski definition) is 0. The van der Waals surface area contributed by atoms with Crippen LogP contribution in [0.15, 0.2) is 48.8 Å². The summed E-state index contributed by atoms with van der Waals surface area (Å²) in [6, 6.07) is 11.6. The lowest BCUT2D eigenvalue weighted by Gasteiger charge is -1.94. The zero-order valence-electron chi connectivity index (χ0n) is 9.71. The Balaban J connectivity index is 2.14. The van der Waals surface area contributed by atoms with Gasteiger partial charge in [-0.05, 0) is 11.1 Å². The van der Waals surface area contributed by atoms with Crippen LogP contribution in [0.3, 0.4) is 0 Å². The molecule has 2 nitrogen and oxygen atoms in total. The number of carbonyl (C=O) groups excluding carboxylic acids is 1. The fraction of sp³-hybridized carbons (Fsp3) is 0.0667. The lowest BCUT2D eigenvalue weighted by molar-refractivity contribution is -0.671. The molecule has 84 valence electrons. The monoisotopic (exact) mass is 224 g/mol. The lowest BCUT2D eigenvalue weighted by atomic mass is 10.1. The third kappa shape index (κ3) is 3.11. The molecule has 2 rings (SSSR count). The van der Waals surface area contributed by atoms with Crippen molar-refractivity contribution in [2.24, 2.45) is 7.05 Å². The molecule has 0 saturated heterocycles. The molecule has 0 bridgehead atoms. The van der Waals surface area contributed by atoms with Crippen LogP contribution in [0.4, 0.5) is 0 Å². The molecule has 2 heteroatoms. The zero-order chi connectivity index (χ0) is 12.1. The number of aryl methyl sites for hydroxylation is 1. The zero-order valence-corrected chi connectivity index (χ0v) is 9.71. The summed E-state index contributed by atoms with van der Waals surface area (Å²) in [6.07, 6.45) is 8.95. The maximum Gasteiger partial charge on any atom is 0.169 e. The molecular weight excluding hydrogens is 210 g/mol. The minimum Gasteiger partial charge on any atom is -0.298 e. The lowest BCUT2D eigenvalue weighted by Crippen LogP contribution is -2.25. The number of aldehydes is 1. The van der Waals surface area contributed by atoms with Crippen molar-refractivity contribution in [1.82, 2.24) is 0 Å². The van der Waals surface area contributed by atoms with Crippen LogP contribution in [0, 0.1) is 0 Å². The van der Waals surface area contributed by atoms with E-state index in [0.29, 0.717) is 5.56 Å². The minimum atomic E-state index is 0.703. The summed E-state index contributed by atoms with van der Waals surface area (Å²) in [7, 11) is 1.99. The van der Waals surface area contributed by atoms with Crippen LogP contribution in [0.2, 0.25) is 0 Å². The van der Waals surface area contributed by atoms with Crippen LogP contribution in [0.5, 0.6) is 0 Å². The van der Waals surface area contributed by atoms with E-state index in [9.17, 15) is 4.79 Å². The molecule has 0 aliphatic rings. The van der Waals surface area contributed by atoms with Crippen molar-refractivity contribution in [2.75, 3.05) is 0 Å². The van der Waals surface area contributed by atoms with Crippen LogP contribution in [0.25, 0.3) is 12.2 Å². The molecule has 0 fully saturated rings. The molecule has 0 saturated carbocycles. The second-order valence-corrected chi connectivity index (χ2v) is 3.91. The number of hydrogen-bond acceptors (Lipinski definition) is 1. The van der Waals surface area contributed by atoms with Crippen molar-refractivity contribution in [1.29, 1.82) is 0 Å². The smallest absolute Gasteiger partial charge is 0.169 e. The standard InChI is InChI=1S/C15H14NO/c1-16-10-8-14(9-11-16)3-2-13-4-6-15(12-17)7-5-13/h2-12H,1H3/q+1/b3-2-. The van der Waals surface area contributed by atoms with Gasteiger partial charge in [0.2, 0.25) is 0 Å². The van der Waals surface area contributed by atoms with Gasteiger partial charge >= 0.3 is 0 Å². The Labute approximate surface area is 101 Å². The predicted octanol–water partition coefficient (Wildman–Crippen LogP) is 2.49. The van der Waals surface area contributed by atoms with Gasteiger partial charge in [-0.15, -0.1) is 0 Å². The first-order chi connectivity index (χ1) is 8.28. The third-order valence-corrected chi connectivity index (χ3v) is 2.55. The van der Waals surface area contributed by atoms with Gasteiger partial charge in [0.05, 0.1) is 0 Å². The SMILES string of the molecule is C[n+]1ccc(/C=C\c2ccc(C=O)cc2)cc1. The molecule has 0 aliphatic carbocycles. The normalized spacial score (nSPS) is 10.6. The number of aromatic nitrogens is 1. The number of carbonyl (C=O) groups is 1. The summed E-state index contributed by atoms with van der Waals surface area (Å²) in [4.78, 5) is 10.5. The molecule has 0 spiro atoms. The highest BCUT2D eigenvalue weighted by atomic mass is 16.1. The third-order valence-electron chi connectivity index (χ3n) is 2.55. The van der Waals surface area contributed by atoms with Crippen molar-refractivity contribution < 1.29 is 9.36 Å². The highest BCUT2D eigenvalue weighted by Crippen LogP contribution is 2.08. The van der Waals surface area contributed by atoms with Gasteiger partial charge < -0.3 is 0 Å². The van der Waals surface area contributed by atoms with Gasteiger partial charge in [0, 0.05) is 17.7 Å². The van der Waals surface area contributed by atoms with Gasteiger partial charge in [-0.3, -0.25) is 4.79 Å². The van der Waals surface area contributed by atoms with Crippen molar-refractivity contribution in [3.05, 3.63) is 65.5 Å². The van der Waals surface area contributed by atoms with E-state index in [1.54, 1.807) is 0 Å². The van der Waals surface area contributed by atoms with Crippen molar-refractivity contribution in [2.45, 2.75) is 0 Å². The Kier molecular flexibility index (Phi) is 3.46. The van der Waals surface area contributed by atoms with Crippen molar-refractivity contribution >= 4 is 18.4 Å². The maximum absolute atomic E-state index is 10.5. The number of benzene rings is 1. The summed E-state index contributed by atoms with van der Waals surface area (Å²) in [5.74, 6) is 0. The van der Waals surface area contributed by atoms with E-state index in [0.717, 1.165) is 17.4 Å². The first-order valence-electron chi connectivity index (χ1n) is 5.46. The summed E-state index contributed by atoms with van der Waals surface area (Å²) in [5, 5.41) is 0. The van der Waals surface area contributed by atoms with E-state index >= 15 is 0 Å². The first kappa shape index (κ1) is 11.3. The molecule has 0 N–H and O–H groups in total. The van der Waals surface area contributed by atoms with E-state index in [1.165, 1.54) is 0 Å². The van der Waals surface area contributed by atoms with Gasteiger partial charge in [-0.25, -0.2) is 4.57 Å². The molecule has 0 radical (unpaired) electrons. The summed E-state index contributed by atoms with van der Waals surface area (Å²) >= 11 is 0. The fourth-order valence-corrected chi connectivity index (χ4v) is 1.50. The van der Waals surface area contributed by atoms with Crippen molar-refractivity contribution in [3.8, 4) is 0 Å². The molecule has 0 amide bonds. The number of pyridine rings is 1. The summed E-state index contributed by atoms with van der Waals surface area (Å²) in [6.45, 7) is 0. The van der Waals surface area contributed by atoms with E-state index in [-0.39, 0.29) is 0 Å². The molecule has 2 aromatic rings. The molecule has 0 atom stereocenters. The number of rotatable bonds is 3. The molecule has 0 unspecified atom stereocenters. The molecule has 17 heavy (non-hydrogen) atoms. The first-order valence-corrected chi connectivity index (χ1v) is 5.46. The number of nitrogens with zero attached hydrogens (tertiary/aromatic N) is 1. The Hall–Kier alpha value is -2.22. The van der Waals surface area contributed by atoms with Gasteiger partial charge in [0.25, 0.3) is 0 Å². The van der Waals surface area contributed by atoms with Gasteiger partial charge in [-0.2, -0.15) is 0 Å². The second kappa shape index (κ2) is 5.21. The fourth-order valence-electron chi connectivity index (χ4n) is 1.50. The van der Waals surface area contributed by atoms with Gasteiger partial charge in [0.1, 0.15) is 13.3 Å². The van der Waals surface area contributed by atoms with Crippen LogP contribution in [-0.4, -0.2) is 6.29 Å². The van der Waals surface area contributed by atoms with E-state index < -0.39 is 0 Å². The Bertz CT molecular complexity index is 524. The molecule has 0 aliphatic heterocycles. The van der Waals surface area contributed by atoms with Crippen LogP contribution in [-0.2, 0) is 7.05 Å². The second-order valence-electron chi connectivity index (χ2n) is 3.91. The predicted molar refractivity (Wildman–Crippen MR) is 68.4 cm³/mol. The minimum absolute atomic E-state index is 0.703. The van der Waals surface area contributed by atoms with Crippen LogP contribution < -0.4 is 4.57 Å². The van der Waals surface area contributed by atoms with Crippen LogP contribution >= 0.6 is 0 Å². The molecule has 1 aromatic carbocycles. The van der Waals surface area contributed by atoms with Crippen molar-refractivity contribution in [3.63, 3.8) is 0 Å². The van der Waals surface area contributed by atoms with E-state index in [4.69, 9.17) is 0 Å². The summed E-state index contributed by atoms with van der Waals surface area (Å²) < 4.78 is 2.00. The molecular formula is C15H14NO+. The Morgan fingerprint density at radius 1 is 0.824 bits per heavy atom. The van der Waals surface area contributed by atoms with Crippen LogP contribution in [0.1, 0.15) is 21.5 Å². The van der Waals surface area contributed by atoms with Gasteiger partial charge in [-0.1, -0.05) is 36.4 Å².